The summed E-state index contributed by atoms with van der Waals surface area (Å²) < 4.78 is 75.5. The number of nitrogens with zero attached hydrogens (tertiary/aromatic N) is 3. The molecule has 1 aliphatic heterocycles. The van der Waals surface area contributed by atoms with Crippen molar-refractivity contribution in [1.82, 2.24) is 9.97 Å². The highest BCUT2D eigenvalue weighted by Gasteiger charge is 2.49. The molecule has 1 aromatic carbocycles. The van der Waals surface area contributed by atoms with Gasteiger partial charge in [0.25, 0.3) is 0 Å². The monoisotopic (exact) mass is 419 g/mol. The fourth-order valence-electron chi connectivity index (χ4n) is 2.45. The van der Waals surface area contributed by atoms with E-state index in [2.05, 4.69) is 14.2 Å². The zero-order chi connectivity index (χ0) is 20.4. The highest BCUT2D eigenvalue weighted by Crippen LogP contribution is 2.30. The molecule has 0 unspecified atom stereocenters. The Morgan fingerprint density at radius 2 is 1.86 bits per heavy atom. The van der Waals surface area contributed by atoms with Crippen molar-refractivity contribution in [3.8, 4) is 22.9 Å². The van der Waals surface area contributed by atoms with E-state index in [9.17, 15) is 21.6 Å². The van der Waals surface area contributed by atoms with Gasteiger partial charge < -0.3 is 18.6 Å². The zero-order valence-electron chi connectivity index (χ0n) is 14.6. The minimum atomic E-state index is -5.87. The standard InChI is InChI=1S/C16H16F3N3O5S/c1-25-12-4-2-3-11(9-12)13-10-14(27-28(23,24)16(17,18)19)21-15(20-13)22-5-7-26-8-6-22/h2-4,9-10H,5-8H2,1H3. The number of rotatable bonds is 5. The van der Waals surface area contributed by atoms with Crippen LogP contribution in [0.1, 0.15) is 0 Å². The molecule has 3 rings (SSSR count). The van der Waals surface area contributed by atoms with E-state index in [0.717, 1.165) is 6.07 Å². The zero-order valence-corrected chi connectivity index (χ0v) is 15.5. The molecular weight excluding hydrogens is 403 g/mol. The van der Waals surface area contributed by atoms with E-state index in [1.54, 1.807) is 29.2 Å². The summed E-state index contributed by atoms with van der Waals surface area (Å²) in [6, 6.07) is 7.63. The SMILES string of the molecule is COc1cccc(-c2cc(OS(=O)(=O)C(F)(F)F)nc(N3CCOCC3)n2)c1. The fourth-order valence-corrected chi connectivity index (χ4v) is 2.85. The fraction of sp³-hybridized carbons (Fsp3) is 0.375. The number of ether oxygens (including phenoxy) is 2. The lowest BCUT2D eigenvalue weighted by molar-refractivity contribution is -0.0501. The van der Waals surface area contributed by atoms with E-state index in [-0.39, 0.29) is 11.6 Å². The third-order valence-corrected chi connectivity index (χ3v) is 4.79. The smallest absolute Gasteiger partial charge is 0.497 e. The maximum atomic E-state index is 12.7. The molecule has 0 amide bonds. The number of aromatic nitrogens is 2. The van der Waals surface area contributed by atoms with E-state index < -0.39 is 21.5 Å². The molecule has 1 fully saturated rings. The van der Waals surface area contributed by atoms with Crippen molar-refractivity contribution in [3.63, 3.8) is 0 Å². The summed E-state index contributed by atoms with van der Waals surface area (Å²) >= 11 is 0. The van der Waals surface area contributed by atoms with E-state index >= 15 is 0 Å². The van der Waals surface area contributed by atoms with Crippen LogP contribution in [0.5, 0.6) is 11.6 Å². The molecule has 0 bridgehead atoms. The first kappa shape index (κ1) is 20.1. The van der Waals surface area contributed by atoms with E-state index in [1.165, 1.54) is 7.11 Å². The van der Waals surface area contributed by atoms with Crippen LogP contribution in [-0.2, 0) is 14.9 Å². The minimum Gasteiger partial charge on any atom is -0.497 e. The Morgan fingerprint density at radius 3 is 2.50 bits per heavy atom. The van der Waals surface area contributed by atoms with Gasteiger partial charge in [0, 0.05) is 24.7 Å². The van der Waals surface area contributed by atoms with E-state index in [4.69, 9.17) is 9.47 Å². The largest absolute Gasteiger partial charge is 0.534 e. The quantitative estimate of drug-likeness (QED) is 0.538. The average Bonchev–Trinajstić information content (AvgIpc) is 2.67. The molecule has 0 N–H and O–H groups in total. The van der Waals surface area contributed by atoms with Crippen LogP contribution in [0.2, 0.25) is 0 Å². The predicted molar refractivity (Wildman–Crippen MR) is 92.7 cm³/mol. The van der Waals surface area contributed by atoms with Gasteiger partial charge in [-0.05, 0) is 12.1 Å². The third kappa shape index (κ3) is 4.44. The molecule has 0 spiro atoms. The molecular formula is C16H16F3N3O5S. The van der Waals surface area contributed by atoms with Gasteiger partial charge >= 0.3 is 15.6 Å². The van der Waals surface area contributed by atoms with Crippen molar-refractivity contribution >= 4 is 16.1 Å². The molecule has 12 heteroatoms. The number of anilines is 1. The molecule has 28 heavy (non-hydrogen) atoms. The van der Waals surface area contributed by atoms with Crippen molar-refractivity contribution in [2.24, 2.45) is 0 Å². The minimum absolute atomic E-state index is 0.0380. The van der Waals surface area contributed by atoms with Crippen LogP contribution in [0.25, 0.3) is 11.3 Å². The average molecular weight is 419 g/mol. The first-order valence-corrected chi connectivity index (χ1v) is 9.47. The van der Waals surface area contributed by atoms with Gasteiger partial charge in [0.1, 0.15) is 5.75 Å². The summed E-state index contributed by atoms with van der Waals surface area (Å²) in [5.74, 6) is -0.197. The van der Waals surface area contributed by atoms with Crippen LogP contribution in [0.15, 0.2) is 30.3 Å². The lowest BCUT2D eigenvalue weighted by atomic mass is 10.1. The van der Waals surface area contributed by atoms with Crippen LogP contribution < -0.4 is 13.8 Å². The Kier molecular flexibility index (Phi) is 5.61. The second-order valence-electron chi connectivity index (χ2n) is 5.71. The number of methoxy groups -OCH3 is 1. The van der Waals surface area contributed by atoms with Crippen molar-refractivity contribution in [2.75, 3.05) is 38.3 Å². The molecule has 0 radical (unpaired) electrons. The first-order valence-electron chi connectivity index (χ1n) is 8.06. The third-order valence-electron chi connectivity index (χ3n) is 3.83. The number of alkyl halides is 3. The van der Waals surface area contributed by atoms with Crippen molar-refractivity contribution < 1.29 is 35.2 Å². The Labute approximate surface area is 159 Å². The summed E-state index contributed by atoms with van der Waals surface area (Å²) in [6.45, 7) is 1.55. The maximum Gasteiger partial charge on any atom is 0.534 e. The Hall–Kier alpha value is -2.60. The van der Waals surface area contributed by atoms with Gasteiger partial charge in [-0.25, -0.2) is 4.98 Å². The van der Waals surface area contributed by atoms with Gasteiger partial charge in [-0.3, -0.25) is 0 Å². The number of benzene rings is 1. The van der Waals surface area contributed by atoms with Gasteiger partial charge in [0.2, 0.25) is 11.8 Å². The molecule has 2 aromatic rings. The number of hydrogen-bond acceptors (Lipinski definition) is 8. The topological polar surface area (TPSA) is 90.9 Å². The van der Waals surface area contributed by atoms with Crippen molar-refractivity contribution in [3.05, 3.63) is 30.3 Å². The Bertz CT molecular complexity index is 947. The molecule has 0 saturated carbocycles. The highest BCUT2D eigenvalue weighted by atomic mass is 32.2. The van der Waals surface area contributed by atoms with Gasteiger partial charge in [0.05, 0.1) is 26.0 Å². The van der Waals surface area contributed by atoms with Crippen molar-refractivity contribution in [2.45, 2.75) is 5.51 Å². The number of hydrogen-bond donors (Lipinski definition) is 0. The Morgan fingerprint density at radius 1 is 1.14 bits per heavy atom. The van der Waals surface area contributed by atoms with E-state index in [0.29, 0.717) is 37.6 Å². The molecule has 152 valence electrons. The van der Waals surface area contributed by atoms with Crippen LogP contribution in [0.4, 0.5) is 19.1 Å². The summed E-state index contributed by atoms with van der Waals surface area (Å²) in [6.07, 6.45) is 0. The van der Waals surface area contributed by atoms with Crippen molar-refractivity contribution in [1.29, 1.82) is 0 Å². The molecule has 1 aliphatic rings. The highest BCUT2D eigenvalue weighted by molar-refractivity contribution is 7.87. The predicted octanol–water partition coefficient (Wildman–Crippen LogP) is 2.22. The Balaban J connectivity index is 2.05. The first-order chi connectivity index (χ1) is 13.2. The molecule has 0 atom stereocenters. The number of halogens is 3. The van der Waals surface area contributed by atoms with Crippen LogP contribution >= 0.6 is 0 Å². The second-order valence-corrected chi connectivity index (χ2v) is 7.24. The van der Waals surface area contributed by atoms with Crippen LogP contribution in [-0.4, -0.2) is 57.3 Å². The van der Waals surface area contributed by atoms with Gasteiger partial charge in [-0.1, -0.05) is 12.1 Å². The lowest BCUT2D eigenvalue weighted by Crippen LogP contribution is -2.37. The van der Waals surface area contributed by atoms with Crippen LogP contribution in [0, 0.1) is 0 Å². The summed E-state index contributed by atoms with van der Waals surface area (Å²) in [5.41, 5.74) is -4.90. The van der Waals surface area contributed by atoms with Crippen LogP contribution in [0.3, 0.4) is 0 Å². The molecule has 8 nitrogen and oxygen atoms in total. The summed E-state index contributed by atoms with van der Waals surface area (Å²) in [5, 5.41) is 0. The summed E-state index contributed by atoms with van der Waals surface area (Å²) in [7, 11) is -4.41. The van der Waals surface area contributed by atoms with Gasteiger partial charge in [-0.2, -0.15) is 26.6 Å². The molecule has 0 aliphatic carbocycles. The maximum absolute atomic E-state index is 12.7. The second kappa shape index (κ2) is 7.80. The normalized spacial score (nSPS) is 15.4. The lowest BCUT2D eigenvalue weighted by Gasteiger charge is -2.27. The summed E-state index contributed by atoms with van der Waals surface area (Å²) in [4.78, 5) is 9.86. The van der Waals surface area contributed by atoms with Gasteiger partial charge in [-0.15, -0.1) is 0 Å². The van der Waals surface area contributed by atoms with Gasteiger partial charge in [0.15, 0.2) is 0 Å². The van der Waals surface area contributed by atoms with E-state index in [1.807, 2.05) is 0 Å². The molecule has 1 aromatic heterocycles. The number of morpholine rings is 1. The molecule has 1 saturated heterocycles. The molecule has 2 heterocycles.